The average Bonchev–Trinajstić information content (AvgIpc) is 2.56. The third-order valence-corrected chi connectivity index (χ3v) is 3.63. The van der Waals surface area contributed by atoms with Gasteiger partial charge in [-0.2, -0.15) is 5.10 Å². The maximum Gasteiger partial charge on any atom is 0.124 e. The molecule has 1 atom stereocenters. The van der Waals surface area contributed by atoms with E-state index in [0.29, 0.717) is 5.02 Å². The minimum Gasteiger partial charge on any atom is -0.375 e. The molecule has 0 fully saturated rings. The summed E-state index contributed by atoms with van der Waals surface area (Å²) in [4.78, 5) is 0. The highest BCUT2D eigenvalue weighted by Gasteiger charge is 2.15. The molecule has 1 heterocycles. The molecule has 1 aromatic carbocycles. The number of aryl methyl sites for hydroxylation is 2. The molecule has 1 N–H and O–H groups in total. The lowest BCUT2D eigenvalue weighted by Gasteiger charge is -2.17. The first-order valence-electron chi connectivity index (χ1n) is 6.12. The van der Waals surface area contributed by atoms with Gasteiger partial charge in [0.2, 0.25) is 0 Å². The zero-order chi connectivity index (χ0) is 14.2. The molecule has 0 amide bonds. The fourth-order valence-corrected chi connectivity index (χ4v) is 2.46. The fraction of sp³-hybridized carbons (Fsp3) is 0.357. The Kier molecular flexibility index (Phi) is 3.80. The van der Waals surface area contributed by atoms with Crippen LogP contribution in [0.4, 0.5) is 10.1 Å². The molecular formula is C14H17ClFN3. The van der Waals surface area contributed by atoms with Crippen LogP contribution in [-0.2, 0) is 7.05 Å². The minimum atomic E-state index is -0.324. The quantitative estimate of drug-likeness (QED) is 0.921. The van der Waals surface area contributed by atoms with Gasteiger partial charge in [0, 0.05) is 12.1 Å². The van der Waals surface area contributed by atoms with Crippen LogP contribution >= 0.6 is 11.6 Å². The SMILES string of the molecule is Cc1nn(C)c(C)c1NC(C)c1ccc(F)cc1Cl. The molecule has 0 saturated heterocycles. The van der Waals surface area contributed by atoms with Gasteiger partial charge in [-0.15, -0.1) is 0 Å². The number of nitrogens with one attached hydrogen (secondary N) is 1. The summed E-state index contributed by atoms with van der Waals surface area (Å²) in [5.74, 6) is -0.324. The highest BCUT2D eigenvalue weighted by Crippen LogP contribution is 2.29. The number of halogens is 2. The van der Waals surface area contributed by atoms with Crippen molar-refractivity contribution in [3.8, 4) is 0 Å². The van der Waals surface area contributed by atoms with Gasteiger partial charge < -0.3 is 5.32 Å². The van der Waals surface area contributed by atoms with Gasteiger partial charge in [0.15, 0.2) is 0 Å². The maximum atomic E-state index is 13.1. The normalized spacial score (nSPS) is 12.5. The molecule has 2 rings (SSSR count). The molecule has 0 aliphatic rings. The summed E-state index contributed by atoms with van der Waals surface area (Å²) in [5.41, 5.74) is 3.86. The third kappa shape index (κ3) is 2.73. The van der Waals surface area contributed by atoms with Crippen molar-refractivity contribution in [1.82, 2.24) is 9.78 Å². The van der Waals surface area contributed by atoms with Crippen LogP contribution in [0.25, 0.3) is 0 Å². The Bertz CT molecular complexity index is 607. The van der Waals surface area contributed by atoms with E-state index in [1.807, 2.05) is 32.5 Å². The first-order chi connectivity index (χ1) is 8.90. The first kappa shape index (κ1) is 13.9. The Labute approximate surface area is 117 Å². The van der Waals surface area contributed by atoms with Crippen molar-refractivity contribution in [2.45, 2.75) is 26.8 Å². The van der Waals surface area contributed by atoms with Gasteiger partial charge in [0.25, 0.3) is 0 Å². The lowest BCUT2D eigenvalue weighted by molar-refractivity contribution is 0.626. The predicted molar refractivity (Wildman–Crippen MR) is 76.1 cm³/mol. The summed E-state index contributed by atoms with van der Waals surface area (Å²) in [7, 11) is 1.91. The van der Waals surface area contributed by atoms with E-state index in [1.54, 1.807) is 6.07 Å². The summed E-state index contributed by atoms with van der Waals surface area (Å²) in [5, 5.41) is 8.17. The van der Waals surface area contributed by atoms with Crippen LogP contribution in [0.15, 0.2) is 18.2 Å². The first-order valence-corrected chi connectivity index (χ1v) is 6.49. The van der Waals surface area contributed by atoms with E-state index in [0.717, 1.165) is 22.6 Å². The number of hydrogen-bond donors (Lipinski definition) is 1. The van der Waals surface area contributed by atoms with Gasteiger partial charge in [0.1, 0.15) is 5.82 Å². The van der Waals surface area contributed by atoms with Crippen LogP contribution in [0.1, 0.15) is 29.9 Å². The van der Waals surface area contributed by atoms with Gasteiger partial charge in [-0.25, -0.2) is 4.39 Å². The number of rotatable bonds is 3. The number of hydrogen-bond acceptors (Lipinski definition) is 2. The lowest BCUT2D eigenvalue weighted by Crippen LogP contribution is -2.09. The van der Waals surface area contributed by atoms with Crippen LogP contribution in [-0.4, -0.2) is 9.78 Å². The highest BCUT2D eigenvalue weighted by atomic mass is 35.5. The Hall–Kier alpha value is -1.55. The van der Waals surface area contributed by atoms with Crippen molar-refractivity contribution >= 4 is 17.3 Å². The molecule has 0 spiro atoms. The Morgan fingerprint density at radius 3 is 2.58 bits per heavy atom. The molecule has 5 heteroatoms. The molecule has 102 valence electrons. The second kappa shape index (κ2) is 5.21. The van der Waals surface area contributed by atoms with Crippen molar-refractivity contribution in [3.05, 3.63) is 46.0 Å². The fourth-order valence-electron chi connectivity index (χ4n) is 2.13. The van der Waals surface area contributed by atoms with Crippen LogP contribution in [0.2, 0.25) is 5.02 Å². The molecule has 0 aliphatic carbocycles. The van der Waals surface area contributed by atoms with Crippen molar-refractivity contribution in [2.75, 3.05) is 5.32 Å². The minimum absolute atomic E-state index is 0.0188. The molecular weight excluding hydrogens is 265 g/mol. The van der Waals surface area contributed by atoms with Gasteiger partial charge >= 0.3 is 0 Å². The van der Waals surface area contributed by atoms with Gasteiger partial charge in [-0.05, 0) is 38.5 Å². The molecule has 19 heavy (non-hydrogen) atoms. The molecule has 0 radical (unpaired) electrons. The van der Waals surface area contributed by atoms with Crippen molar-refractivity contribution in [1.29, 1.82) is 0 Å². The average molecular weight is 282 g/mol. The molecule has 1 unspecified atom stereocenters. The van der Waals surface area contributed by atoms with Gasteiger partial charge in [-0.1, -0.05) is 17.7 Å². The number of anilines is 1. The van der Waals surface area contributed by atoms with Gasteiger partial charge in [0.05, 0.1) is 23.1 Å². The van der Waals surface area contributed by atoms with E-state index in [-0.39, 0.29) is 11.9 Å². The molecule has 0 aliphatic heterocycles. The molecule has 1 aromatic heterocycles. The summed E-state index contributed by atoms with van der Waals surface area (Å²) < 4.78 is 14.9. The standard InChI is InChI=1S/C14H17ClFN3/c1-8(12-6-5-11(16)7-13(12)15)17-14-9(2)18-19(4)10(14)3/h5-8,17H,1-4H3. The summed E-state index contributed by atoms with van der Waals surface area (Å²) in [6.07, 6.45) is 0. The van der Waals surface area contributed by atoms with E-state index in [2.05, 4.69) is 10.4 Å². The van der Waals surface area contributed by atoms with Crippen molar-refractivity contribution < 1.29 is 4.39 Å². The van der Waals surface area contributed by atoms with E-state index in [9.17, 15) is 4.39 Å². The topological polar surface area (TPSA) is 29.9 Å². The Balaban J connectivity index is 2.28. The van der Waals surface area contributed by atoms with Crippen molar-refractivity contribution in [2.24, 2.45) is 7.05 Å². The zero-order valence-electron chi connectivity index (χ0n) is 11.5. The Morgan fingerprint density at radius 1 is 1.37 bits per heavy atom. The van der Waals surface area contributed by atoms with Crippen LogP contribution in [0.3, 0.4) is 0 Å². The van der Waals surface area contributed by atoms with Gasteiger partial charge in [-0.3, -0.25) is 4.68 Å². The molecule has 0 bridgehead atoms. The van der Waals surface area contributed by atoms with Crippen LogP contribution < -0.4 is 5.32 Å². The largest absolute Gasteiger partial charge is 0.375 e. The maximum absolute atomic E-state index is 13.1. The van der Waals surface area contributed by atoms with Crippen molar-refractivity contribution in [3.63, 3.8) is 0 Å². The van der Waals surface area contributed by atoms with E-state index in [4.69, 9.17) is 11.6 Å². The number of aromatic nitrogens is 2. The summed E-state index contributed by atoms with van der Waals surface area (Å²) in [6.45, 7) is 5.95. The van der Waals surface area contributed by atoms with E-state index >= 15 is 0 Å². The molecule has 0 saturated carbocycles. The van der Waals surface area contributed by atoms with Crippen LogP contribution in [0.5, 0.6) is 0 Å². The second-order valence-electron chi connectivity index (χ2n) is 4.70. The summed E-state index contributed by atoms with van der Waals surface area (Å²) >= 11 is 6.07. The monoisotopic (exact) mass is 281 g/mol. The van der Waals surface area contributed by atoms with E-state index in [1.165, 1.54) is 12.1 Å². The smallest absolute Gasteiger partial charge is 0.124 e. The highest BCUT2D eigenvalue weighted by molar-refractivity contribution is 6.31. The number of benzene rings is 1. The van der Waals surface area contributed by atoms with Crippen LogP contribution in [0, 0.1) is 19.7 Å². The zero-order valence-corrected chi connectivity index (χ0v) is 12.2. The molecule has 3 nitrogen and oxygen atoms in total. The van der Waals surface area contributed by atoms with E-state index < -0.39 is 0 Å². The Morgan fingerprint density at radius 2 is 2.05 bits per heavy atom. The lowest BCUT2D eigenvalue weighted by atomic mass is 10.1. The molecule has 2 aromatic rings. The number of nitrogens with zero attached hydrogens (tertiary/aromatic N) is 2. The second-order valence-corrected chi connectivity index (χ2v) is 5.11. The third-order valence-electron chi connectivity index (χ3n) is 3.30. The predicted octanol–water partition coefficient (Wildman–Crippen LogP) is 4.00. The summed E-state index contributed by atoms with van der Waals surface area (Å²) in [6, 6.07) is 4.44.